The molecule has 0 aromatic carbocycles. The van der Waals surface area contributed by atoms with Crippen LogP contribution in [0.2, 0.25) is 0 Å². The molecule has 2 N–H and O–H groups in total. The van der Waals surface area contributed by atoms with Gasteiger partial charge in [0.05, 0.1) is 17.4 Å². The molecule has 0 spiro atoms. The second-order valence-corrected chi connectivity index (χ2v) is 5.47. The molecule has 1 saturated carbocycles. The van der Waals surface area contributed by atoms with E-state index in [1.807, 2.05) is 4.90 Å². The average molecular weight is 277 g/mol. The molecule has 1 aliphatic carbocycles. The number of nitrogens with one attached hydrogen (secondary N) is 1. The molecule has 1 aromatic heterocycles. The van der Waals surface area contributed by atoms with E-state index in [1.165, 1.54) is 18.5 Å². The van der Waals surface area contributed by atoms with Gasteiger partial charge in [-0.05, 0) is 24.8 Å². The molecule has 1 heterocycles. The number of nitrogens with zero attached hydrogens (tertiary/aromatic N) is 2. The van der Waals surface area contributed by atoms with Gasteiger partial charge in [0.1, 0.15) is 0 Å². The minimum atomic E-state index is -1.06. The molecule has 0 unspecified atom stereocenters. The Kier molecular flexibility index (Phi) is 4.22. The van der Waals surface area contributed by atoms with Crippen LogP contribution in [0.1, 0.15) is 37.0 Å². The number of carboxylic acids is 1. The summed E-state index contributed by atoms with van der Waals surface area (Å²) < 4.78 is 0. The van der Waals surface area contributed by atoms with Crippen LogP contribution in [-0.2, 0) is 0 Å². The number of pyridine rings is 1. The Balaban J connectivity index is 2.05. The number of anilines is 1. The SMILES string of the molecule is CC(C)CN(C(=O)Nc1cncc(C(=O)O)c1)C1CC1. The Labute approximate surface area is 117 Å². The molecule has 0 bridgehead atoms. The molecule has 2 rings (SSSR count). The number of rotatable bonds is 5. The molecule has 0 atom stereocenters. The Hall–Kier alpha value is -2.11. The van der Waals surface area contributed by atoms with Crippen LogP contribution in [0.4, 0.5) is 10.5 Å². The Morgan fingerprint density at radius 2 is 2.15 bits per heavy atom. The summed E-state index contributed by atoms with van der Waals surface area (Å²) in [5, 5.41) is 11.6. The van der Waals surface area contributed by atoms with Crippen molar-refractivity contribution in [2.75, 3.05) is 11.9 Å². The van der Waals surface area contributed by atoms with Crippen LogP contribution in [-0.4, -0.2) is 39.6 Å². The molecule has 0 aliphatic heterocycles. The number of hydrogen-bond acceptors (Lipinski definition) is 3. The predicted octanol–water partition coefficient (Wildman–Crippen LogP) is 2.43. The number of carboxylic acid groups (broad SMARTS) is 1. The lowest BCUT2D eigenvalue weighted by molar-refractivity contribution is 0.0696. The van der Waals surface area contributed by atoms with Crippen molar-refractivity contribution in [3.05, 3.63) is 24.0 Å². The third kappa shape index (κ3) is 3.69. The van der Waals surface area contributed by atoms with Crippen molar-refractivity contribution in [3.8, 4) is 0 Å². The molecule has 2 amide bonds. The van der Waals surface area contributed by atoms with E-state index in [9.17, 15) is 9.59 Å². The Morgan fingerprint density at radius 1 is 1.45 bits per heavy atom. The van der Waals surface area contributed by atoms with Crippen LogP contribution in [0.5, 0.6) is 0 Å². The maximum atomic E-state index is 12.3. The van der Waals surface area contributed by atoms with Crippen LogP contribution in [0.15, 0.2) is 18.5 Å². The Morgan fingerprint density at radius 3 is 2.70 bits per heavy atom. The third-order valence-corrected chi connectivity index (χ3v) is 3.05. The number of aromatic nitrogens is 1. The molecule has 6 heteroatoms. The van der Waals surface area contributed by atoms with Gasteiger partial charge in [-0.1, -0.05) is 13.8 Å². The highest BCUT2D eigenvalue weighted by atomic mass is 16.4. The number of amides is 2. The van der Waals surface area contributed by atoms with Gasteiger partial charge >= 0.3 is 12.0 Å². The van der Waals surface area contributed by atoms with Crippen molar-refractivity contribution in [1.82, 2.24) is 9.88 Å². The average Bonchev–Trinajstić information content (AvgIpc) is 3.20. The highest BCUT2D eigenvalue weighted by molar-refractivity contribution is 5.92. The highest BCUT2D eigenvalue weighted by Crippen LogP contribution is 2.28. The van der Waals surface area contributed by atoms with E-state index in [0.717, 1.165) is 12.8 Å². The fourth-order valence-electron chi connectivity index (χ4n) is 2.00. The molecule has 6 nitrogen and oxygen atoms in total. The first-order chi connectivity index (χ1) is 9.47. The molecule has 0 radical (unpaired) electrons. The van der Waals surface area contributed by atoms with Gasteiger partial charge in [0.15, 0.2) is 0 Å². The molecule has 0 saturated heterocycles. The van der Waals surface area contributed by atoms with Gasteiger partial charge in [-0.3, -0.25) is 4.98 Å². The molecule has 108 valence electrons. The molecular formula is C14H19N3O3. The fraction of sp³-hybridized carbons (Fsp3) is 0.500. The minimum absolute atomic E-state index is 0.0598. The van der Waals surface area contributed by atoms with Crippen LogP contribution in [0, 0.1) is 5.92 Å². The quantitative estimate of drug-likeness (QED) is 0.866. The Bertz CT molecular complexity index is 512. The normalized spacial score (nSPS) is 14.2. The van der Waals surface area contributed by atoms with Gasteiger partial charge < -0.3 is 15.3 Å². The van der Waals surface area contributed by atoms with Crippen molar-refractivity contribution in [1.29, 1.82) is 0 Å². The third-order valence-electron chi connectivity index (χ3n) is 3.05. The van der Waals surface area contributed by atoms with Crippen molar-refractivity contribution < 1.29 is 14.7 Å². The van der Waals surface area contributed by atoms with E-state index in [4.69, 9.17) is 5.11 Å². The second kappa shape index (κ2) is 5.90. The minimum Gasteiger partial charge on any atom is -0.478 e. The van der Waals surface area contributed by atoms with Crippen LogP contribution >= 0.6 is 0 Å². The van der Waals surface area contributed by atoms with Gasteiger partial charge in [-0.2, -0.15) is 0 Å². The monoisotopic (exact) mass is 277 g/mol. The first-order valence-electron chi connectivity index (χ1n) is 6.73. The highest BCUT2D eigenvalue weighted by Gasteiger charge is 2.32. The maximum Gasteiger partial charge on any atom is 0.337 e. The lowest BCUT2D eigenvalue weighted by atomic mass is 10.2. The standard InChI is InChI=1S/C14H19N3O3/c1-9(2)8-17(12-3-4-12)14(20)16-11-5-10(13(18)19)6-15-7-11/h5-7,9,12H,3-4,8H2,1-2H3,(H,16,20)(H,18,19). The number of hydrogen-bond donors (Lipinski definition) is 2. The fourth-order valence-corrected chi connectivity index (χ4v) is 2.00. The summed E-state index contributed by atoms with van der Waals surface area (Å²) in [6, 6.07) is 1.53. The summed E-state index contributed by atoms with van der Waals surface area (Å²) >= 11 is 0. The van der Waals surface area contributed by atoms with Gasteiger partial charge in [0.2, 0.25) is 0 Å². The first kappa shape index (κ1) is 14.3. The van der Waals surface area contributed by atoms with Gasteiger partial charge in [-0.25, -0.2) is 9.59 Å². The summed E-state index contributed by atoms with van der Waals surface area (Å²) in [5.41, 5.74) is 0.467. The topological polar surface area (TPSA) is 82.5 Å². The summed E-state index contributed by atoms with van der Waals surface area (Å²) in [6.07, 6.45) is 4.77. The van der Waals surface area contributed by atoms with Crippen molar-refractivity contribution in [3.63, 3.8) is 0 Å². The molecule has 20 heavy (non-hydrogen) atoms. The van der Waals surface area contributed by atoms with Crippen molar-refractivity contribution in [2.45, 2.75) is 32.7 Å². The summed E-state index contributed by atoms with van der Waals surface area (Å²) in [4.78, 5) is 28.8. The van der Waals surface area contributed by atoms with E-state index in [0.29, 0.717) is 24.2 Å². The van der Waals surface area contributed by atoms with Crippen molar-refractivity contribution in [2.24, 2.45) is 5.92 Å². The number of urea groups is 1. The maximum absolute atomic E-state index is 12.3. The lowest BCUT2D eigenvalue weighted by Gasteiger charge is -2.24. The smallest absolute Gasteiger partial charge is 0.337 e. The van der Waals surface area contributed by atoms with E-state index in [1.54, 1.807) is 0 Å². The van der Waals surface area contributed by atoms with E-state index < -0.39 is 5.97 Å². The predicted molar refractivity (Wildman–Crippen MR) is 74.8 cm³/mol. The van der Waals surface area contributed by atoms with Gasteiger partial charge in [0, 0.05) is 18.8 Å². The summed E-state index contributed by atoms with van der Waals surface area (Å²) in [7, 11) is 0. The van der Waals surface area contributed by atoms with E-state index in [2.05, 4.69) is 24.1 Å². The van der Waals surface area contributed by atoms with Crippen LogP contribution in [0.3, 0.4) is 0 Å². The summed E-state index contributed by atoms with van der Waals surface area (Å²) in [5.74, 6) is -0.667. The van der Waals surface area contributed by atoms with Gasteiger partial charge in [-0.15, -0.1) is 0 Å². The molecular weight excluding hydrogens is 258 g/mol. The summed E-state index contributed by atoms with van der Waals surface area (Å²) in [6.45, 7) is 4.83. The largest absolute Gasteiger partial charge is 0.478 e. The van der Waals surface area contributed by atoms with Crippen LogP contribution in [0.25, 0.3) is 0 Å². The number of carbonyl (C=O) groups is 2. The van der Waals surface area contributed by atoms with Crippen molar-refractivity contribution >= 4 is 17.7 Å². The van der Waals surface area contributed by atoms with Gasteiger partial charge in [0.25, 0.3) is 0 Å². The molecule has 1 fully saturated rings. The number of carbonyl (C=O) groups excluding carboxylic acids is 1. The van der Waals surface area contributed by atoms with E-state index in [-0.39, 0.29) is 11.6 Å². The first-order valence-corrected chi connectivity index (χ1v) is 6.73. The molecule has 1 aromatic rings. The molecule has 1 aliphatic rings. The second-order valence-electron chi connectivity index (χ2n) is 5.47. The van der Waals surface area contributed by atoms with Crippen LogP contribution < -0.4 is 5.32 Å². The lowest BCUT2D eigenvalue weighted by Crippen LogP contribution is -2.39. The zero-order valence-electron chi connectivity index (χ0n) is 11.7. The number of aromatic carboxylic acids is 1. The zero-order chi connectivity index (χ0) is 14.7. The van der Waals surface area contributed by atoms with E-state index >= 15 is 0 Å². The zero-order valence-corrected chi connectivity index (χ0v) is 11.7.